The van der Waals surface area contributed by atoms with Gasteiger partial charge in [-0.15, -0.1) is 0 Å². The molecule has 10 heavy (non-hydrogen) atoms. The zero-order chi connectivity index (χ0) is 7.72. The molecule has 3 nitrogen and oxygen atoms in total. The minimum atomic E-state index is 0.0888. The van der Waals surface area contributed by atoms with Crippen LogP contribution < -0.4 is 0 Å². The standard InChI is InChI=1S/C7H14N2O/c1-6-4-7(2)9(5-10)8(6)3/h4,7,10H,5H2,1-3H3. The first-order valence-electron chi connectivity index (χ1n) is 3.46. The van der Waals surface area contributed by atoms with Crippen LogP contribution in [0, 0.1) is 0 Å². The molecule has 0 saturated heterocycles. The number of nitrogens with zero attached hydrogens (tertiary/aromatic N) is 2. The highest BCUT2D eigenvalue weighted by Gasteiger charge is 2.22. The second-order valence-corrected chi connectivity index (χ2v) is 2.65. The van der Waals surface area contributed by atoms with E-state index in [4.69, 9.17) is 5.11 Å². The fourth-order valence-electron chi connectivity index (χ4n) is 1.24. The highest BCUT2D eigenvalue weighted by molar-refractivity contribution is 5.07. The Bertz CT molecular complexity index is 156. The highest BCUT2D eigenvalue weighted by Crippen LogP contribution is 2.18. The second kappa shape index (κ2) is 2.60. The van der Waals surface area contributed by atoms with Gasteiger partial charge in [-0.05, 0) is 19.9 Å². The number of rotatable bonds is 1. The Balaban J connectivity index is 2.66. The summed E-state index contributed by atoms with van der Waals surface area (Å²) in [5.41, 5.74) is 1.20. The molecule has 0 radical (unpaired) electrons. The van der Waals surface area contributed by atoms with Crippen molar-refractivity contribution in [3.05, 3.63) is 11.8 Å². The van der Waals surface area contributed by atoms with E-state index in [1.54, 1.807) is 0 Å². The lowest BCUT2D eigenvalue weighted by molar-refractivity contribution is -0.0397. The first-order chi connectivity index (χ1) is 4.66. The maximum absolute atomic E-state index is 8.88. The predicted molar refractivity (Wildman–Crippen MR) is 39.9 cm³/mol. The van der Waals surface area contributed by atoms with Gasteiger partial charge in [-0.3, -0.25) is 0 Å². The largest absolute Gasteiger partial charge is 0.379 e. The van der Waals surface area contributed by atoms with E-state index in [2.05, 4.69) is 13.0 Å². The molecule has 0 fully saturated rings. The van der Waals surface area contributed by atoms with Crippen LogP contribution in [0.1, 0.15) is 13.8 Å². The summed E-state index contributed by atoms with van der Waals surface area (Å²) in [6, 6.07) is 0.329. The van der Waals surface area contributed by atoms with Crippen molar-refractivity contribution >= 4 is 0 Å². The number of aliphatic hydroxyl groups excluding tert-OH is 1. The van der Waals surface area contributed by atoms with E-state index in [1.807, 2.05) is 24.0 Å². The lowest BCUT2D eigenvalue weighted by atomic mass is 10.3. The van der Waals surface area contributed by atoms with Crippen LogP contribution in [-0.2, 0) is 0 Å². The fraction of sp³-hybridized carbons (Fsp3) is 0.714. The summed E-state index contributed by atoms with van der Waals surface area (Å²) in [7, 11) is 1.95. The molecule has 1 aliphatic rings. The topological polar surface area (TPSA) is 26.7 Å². The van der Waals surface area contributed by atoms with E-state index < -0.39 is 0 Å². The van der Waals surface area contributed by atoms with Crippen molar-refractivity contribution in [3.8, 4) is 0 Å². The highest BCUT2D eigenvalue weighted by atomic mass is 16.3. The van der Waals surface area contributed by atoms with Gasteiger partial charge in [0, 0.05) is 18.8 Å². The van der Waals surface area contributed by atoms with Crippen LogP contribution in [0.3, 0.4) is 0 Å². The Kier molecular flexibility index (Phi) is 1.97. The molecule has 0 aromatic carbocycles. The average molecular weight is 142 g/mol. The summed E-state index contributed by atoms with van der Waals surface area (Å²) in [6.45, 7) is 4.18. The van der Waals surface area contributed by atoms with E-state index >= 15 is 0 Å². The van der Waals surface area contributed by atoms with Crippen LogP contribution in [0.5, 0.6) is 0 Å². The molecule has 1 unspecified atom stereocenters. The third-order valence-corrected chi connectivity index (χ3v) is 1.99. The summed E-state index contributed by atoms with van der Waals surface area (Å²) in [5, 5.41) is 12.7. The Morgan fingerprint density at radius 3 is 2.50 bits per heavy atom. The Labute approximate surface area is 61.5 Å². The van der Waals surface area contributed by atoms with Crippen molar-refractivity contribution in [2.75, 3.05) is 13.8 Å². The van der Waals surface area contributed by atoms with Crippen LogP contribution in [-0.4, -0.2) is 34.9 Å². The average Bonchev–Trinajstić information content (AvgIpc) is 2.09. The maximum atomic E-state index is 8.88. The smallest absolute Gasteiger partial charge is 0.114 e. The Hall–Kier alpha value is -0.540. The third kappa shape index (κ3) is 1.02. The molecule has 58 valence electrons. The van der Waals surface area contributed by atoms with Crippen molar-refractivity contribution < 1.29 is 5.11 Å². The van der Waals surface area contributed by atoms with Crippen LogP contribution in [0.15, 0.2) is 11.8 Å². The molecule has 0 aliphatic carbocycles. The summed E-state index contributed by atoms with van der Waals surface area (Å²) < 4.78 is 0. The molecule has 1 rings (SSSR count). The van der Waals surface area contributed by atoms with E-state index in [0.717, 1.165) is 0 Å². The number of hydrogen-bond acceptors (Lipinski definition) is 3. The molecule has 1 atom stereocenters. The summed E-state index contributed by atoms with van der Waals surface area (Å²) in [5.74, 6) is 0. The monoisotopic (exact) mass is 142 g/mol. The van der Waals surface area contributed by atoms with Gasteiger partial charge in [-0.1, -0.05) is 0 Å². The van der Waals surface area contributed by atoms with Crippen LogP contribution in [0.25, 0.3) is 0 Å². The molecule has 0 spiro atoms. The van der Waals surface area contributed by atoms with E-state index in [-0.39, 0.29) is 6.73 Å². The minimum absolute atomic E-state index is 0.0888. The predicted octanol–water partition coefficient (Wildman–Crippen LogP) is 0.391. The molecule has 0 aromatic rings. The summed E-state index contributed by atoms with van der Waals surface area (Å²) >= 11 is 0. The molecular weight excluding hydrogens is 128 g/mol. The zero-order valence-electron chi connectivity index (χ0n) is 6.70. The lowest BCUT2D eigenvalue weighted by Gasteiger charge is -2.28. The fourth-order valence-corrected chi connectivity index (χ4v) is 1.24. The Morgan fingerprint density at radius 2 is 2.30 bits per heavy atom. The van der Waals surface area contributed by atoms with Crippen molar-refractivity contribution in [2.45, 2.75) is 19.9 Å². The zero-order valence-corrected chi connectivity index (χ0v) is 6.70. The van der Waals surface area contributed by atoms with E-state index in [0.29, 0.717) is 6.04 Å². The van der Waals surface area contributed by atoms with Crippen LogP contribution in [0.4, 0.5) is 0 Å². The van der Waals surface area contributed by atoms with Gasteiger partial charge in [0.1, 0.15) is 6.73 Å². The first kappa shape index (κ1) is 7.57. The van der Waals surface area contributed by atoms with Crippen molar-refractivity contribution in [1.29, 1.82) is 0 Å². The van der Waals surface area contributed by atoms with Gasteiger partial charge < -0.3 is 10.1 Å². The first-order valence-corrected chi connectivity index (χ1v) is 3.46. The molecule has 3 heteroatoms. The minimum Gasteiger partial charge on any atom is -0.379 e. The molecule has 0 bridgehead atoms. The Morgan fingerprint density at radius 1 is 1.70 bits per heavy atom. The molecule has 0 saturated carbocycles. The normalized spacial score (nSPS) is 27.4. The van der Waals surface area contributed by atoms with Crippen molar-refractivity contribution in [3.63, 3.8) is 0 Å². The molecule has 0 amide bonds. The third-order valence-electron chi connectivity index (χ3n) is 1.99. The van der Waals surface area contributed by atoms with Crippen molar-refractivity contribution in [2.24, 2.45) is 0 Å². The van der Waals surface area contributed by atoms with Gasteiger partial charge in [0.05, 0.1) is 0 Å². The number of hydrogen-bond donors (Lipinski definition) is 1. The SMILES string of the molecule is CC1=CC(C)N(CO)N1C. The molecular formula is C7H14N2O. The quantitative estimate of drug-likeness (QED) is 0.573. The second-order valence-electron chi connectivity index (χ2n) is 2.65. The van der Waals surface area contributed by atoms with Crippen LogP contribution in [0.2, 0.25) is 0 Å². The van der Waals surface area contributed by atoms with Crippen LogP contribution >= 0.6 is 0 Å². The van der Waals surface area contributed by atoms with E-state index in [1.165, 1.54) is 5.70 Å². The van der Waals surface area contributed by atoms with Gasteiger partial charge >= 0.3 is 0 Å². The van der Waals surface area contributed by atoms with Gasteiger partial charge in [0.15, 0.2) is 0 Å². The molecule has 1 aliphatic heterocycles. The van der Waals surface area contributed by atoms with Crippen molar-refractivity contribution in [1.82, 2.24) is 10.0 Å². The van der Waals surface area contributed by atoms with Gasteiger partial charge in [0.25, 0.3) is 0 Å². The van der Waals surface area contributed by atoms with Gasteiger partial charge in [0.2, 0.25) is 0 Å². The van der Waals surface area contributed by atoms with E-state index in [9.17, 15) is 0 Å². The molecule has 1 N–H and O–H groups in total. The summed E-state index contributed by atoms with van der Waals surface area (Å²) in [6.07, 6.45) is 2.12. The lowest BCUT2D eigenvalue weighted by Crippen LogP contribution is -2.38. The molecule has 0 aromatic heterocycles. The van der Waals surface area contributed by atoms with Gasteiger partial charge in [-0.2, -0.15) is 5.01 Å². The van der Waals surface area contributed by atoms with Gasteiger partial charge in [-0.25, -0.2) is 0 Å². The maximum Gasteiger partial charge on any atom is 0.114 e. The number of hydrazine groups is 1. The number of aliphatic hydroxyl groups is 1. The molecule has 1 heterocycles. The summed E-state index contributed by atoms with van der Waals surface area (Å²) in [4.78, 5) is 0. The number of allylic oxidation sites excluding steroid dienone is 1.